The van der Waals surface area contributed by atoms with Crippen molar-refractivity contribution in [2.75, 3.05) is 23.8 Å². The first kappa shape index (κ1) is 13.4. The van der Waals surface area contributed by atoms with Crippen molar-refractivity contribution < 1.29 is 8.42 Å². The Morgan fingerprint density at radius 1 is 1.44 bits per heavy atom. The maximum atomic E-state index is 11.5. The molecule has 18 heavy (non-hydrogen) atoms. The molecule has 0 amide bonds. The van der Waals surface area contributed by atoms with Gasteiger partial charge in [-0.25, -0.2) is 8.42 Å². The normalized spacial score (nSPS) is 24.0. The van der Waals surface area contributed by atoms with E-state index in [9.17, 15) is 8.42 Å². The number of nitrogen functional groups attached to an aromatic ring is 1. The second-order valence-corrected chi connectivity index (χ2v) is 7.35. The molecule has 0 saturated carbocycles. The monoisotopic (exact) mass is 268 g/mol. The van der Waals surface area contributed by atoms with Gasteiger partial charge in [0.25, 0.3) is 0 Å². The van der Waals surface area contributed by atoms with Crippen LogP contribution in [0.4, 0.5) is 5.69 Å². The Morgan fingerprint density at radius 3 is 2.78 bits per heavy atom. The Labute approximate surface area is 109 Å². The van der Waals surface area contributed by atoms with Crippen LogP contribution in [0, 0.1) is 6.92 Å². The number of nitrogens with two attached hydrogens (primary N) is 1. The molecule has 1 saturated heterocycles. The SMILES string of the molecule is Cc1cc(CN2CCS(=O)(=O)CC2C)ccc1N. The van der Waals surface area contributed by atoms with Gasteiger partial charge in [-0.05, 0) is 31.0 Å². The third kappa shape index (κ3) is 3.03. The summed E-state index contributed by atoms with van der Waals surface area (Å²) in [7, 11) is -2.83. The van der Waals surface area contributed by atoms with Crippen LogP contribution in [0.25, 0.3) is 0 Å². The molecule has 0 radical (unpaired) electrons. The molecule has 2 N–H and O–H groups in total. The van der Waals surface area contributed by atoms with E-state index in [0.717, 1.165) is 17.8 Å². The van der Waals surface area contributed by atoms with Crippen molar-refractivity contribution in [1.82, 2.24) is 4.90 Å². The third-order valence-electron chi connectivity index (χ3n) is 3.53. The summed E-state index contributed by atoms with van der Waals surface area (Å²) in [6.07, 6.45) is 0. The largest absolute Gasteiger partial charge is 0.399 e. The fourth-order valence-electron chi connectivity index (χ4n) is 2.34. The Bertz CT molecular complexity index is 540. The summed E-state index contributed by atoms with van der Waals surface area (Å²) in [5.41, 5.74) is 8.85. The lowest BCUT2D eigenvalue weighted by Crippen LogP contribution is -2.46. The summed E-state index contributed by atoms with van der Waals surface area (Å²) in [6.45, 7) is 5.37. The number of nitrogens with zero attached hydrogens (tertiary/aromatic N) is 1. The molecule has 1 atom stereocenters. The van der Waals surface area contributed by atoms with E-state index in [-0.39, 0.29) is 17.5 Å². The summed E-state index contributed by atoms with van der Waals surface area (Å²) < 4.78 is 23.0. The van der Waals surface area contributed by atoms with Crippen LogP contribution in [-0.4, -0.2) is 37.4 Å². The number of hydrogen-bond acceptors (Lipinski definition) is 4. The first-order valence-corrected chi connectivity index (χ1v) is 7.99. The fraction of sp³-hybridized carbons (Fsp3) is 0.538. The second kappa shape index (κ2) is 4.90. The minimum atomic E-state index is -2.83. The zero-order chi connectivity index (χ0) is 13.3. The van der Waals surface area contributed by atoms with E-state index in [4.69, 9.17) is 5.73 Å². The van der Waals surface area contributed by atoms with Gasteiger partial charge in [-0.3, -0.25) is 4.90 Å². The Hall–Kier alpha value is -1.07. The van der Waals surface area contributed by atoms with Gasteiger partial charge in [0.05, 0.1) is 11.5 Å². The number of rotatable bonds is 2. The molecule has 1 aromatic carbocycles. The van der Waals surface area contributed by atoms with Crippen molar-refractivity contribution in [1.29, 1.82) is 0 Å². The first-order valence-electron chi connectivity index (χ1n) is 6.17. The van der Waals surface area contributed by atoms with Crippen molar-refractivity contribution in [2.45, 2.75) is 26.4 Å². The maximum Gasteiger partial charge on any atom is 0.153 e. The van der Waals surface area contributed by atoms with Crippen LogP contribution >= 0.6 is 0 Å². The van der Waals surface area contributed by atoms with E-state index in [1.54, 1.807) is 0 Å². The summed E-state index contributed by atoms with van der Waals surface area (Å²) in [5.74, 6) is 0.534. The van der Waals surface area contributed by atoms with Gasteiger partial charge in [-0.2, -0.15) is 0 Å². The van der Waals surface area contributed by atoms with Crippen molar-refractivity contribution in [3.8, 4) is 0 Å². The Morgan fingerprint density at radius 2 is 2.17 bits per heavy atom. The zero-order valence-electron chi connectivity index (χ0n) is 10.9. The summed E-state index contributed by atoms with van der Waals surface area (Å²) in [5, 5.41) is 0. The molecule has 4 nitrogen and oxygen atoms in total. The van der Waals surface area contributed by atoms with E-state index in [2.05, 4.69) is 11.0 Å². The van der Waals surface area contributed by atoms with Crippen LogP contribution in [0.5, 0.6) is 0 Å². The average Bonchev–Trinajstić information content (AvgIpc) is 2.27. The van der Waals surface area contributed by atoms with Crippen molar-refractivity contribution in [2.24, 2.45) is 0 Å². The summed E-state index contributed by atoms with van der Waals surface area (Å²) in [4.78, 5) is 2.21. The highest BCUT2D eigenvalue weighted by molar-refractivity contribution is 7.91. The molecule has 1 unspecified atom stereocenters. The summed E-state index contributed by atoms with van der Waals surface area (Å²) in [6, 6.07) is 6.08. The number of aryl methyl sites for hydroxylation is 1. The van der Waals surface area contributed by atoms with Crippen molar-refractivity contribution >= 4 is 15.5 Å². The van der Waals surface area contributed by atoms with Crippen LogP contribution < -0.4 is 5.73 Å². The van der Waals surface area contributed by atoms with E-state index in [1.807, 2.05) is 26.0 Å². The molecule has 2 rings (SSSR count). The van der Waals surface area contributed by atoms with Crippen LogP contribution in [0.1, 0.15) is 18.1 Å². The van der Waals surface area contributed by atoms with Crippen LogP contribution in [-0.2, 0) is 16.4 Å². The molecular formula is C13H20N2O2S. The zero-order valence-corrected chi connectivity index (χ0v) is 11.7. The molecule has 5 heteroatoms. The molecule has 1 aliphatic rings. The average molecular weight is 268 g/mol. The van der Waals surface area contributed by atoms with Crippen LogP contribution in [0.3, 0.4) is 0 Å². The lowest BCUT2D eigenvalue weighted by atomic mass is 10.1. The number of sulfone groups is 1. The van der Waals surface area contributed by atoms with Crippen molar-refractivity contribution in [3.63, 3.8) is 0 Å². The van der Waals surface area contributed by atoms with Crippen LogP contribution in [0.2, 0.25) is 0 Å². The molecule has 0 aliphatic carbocycles. The molecular weight excluding hydrogens is 248 g/mol. The number of anilines is 1. The van der Waals surface area contributed by atoms with Gasteiger partial charge in [0.2, 0.25) is 0 Å². The molecule has 1 heterocycles. The Balaban J connectivity index is 2.08. The van der Waals surface area contributed by atoms with E-state index < -0.39 is 9.84 Å². The molecule has 0 spiro atoms. The minimum Gasteiger partial charge on any atom is -0.399 e. The van der Waals surface area contributed by atoms with Gasteiger partial charge in [-0.15, -0.1) is 0 Å². The first-order chi connectivity index (χ1) is 8.37. The highest BCUT2D eigenvalue weighted by atomic mass is 32.2. The summed E-state index contributed by atoms with van der Waals surface area (Å²) >= 11 is 0. The molecule has 100 valence electrons. The lowest BCUT2D eigenvalue weighted by molar-refractivity contribution is 0.218. The van der Waals surface area contributed by atoms with Gasteiger partial charge < -0.3 is 5.73 Å². The standard InChI is InChI=1S/C13H20N2O2S/c1-10-7-12(3-4-13(10)14)8-15-5-6-18(16,17)9-11(15)2/h3-4,7,11H,5-6,8-9,14H2,1-2H3. The maximum absolute atomic E-state index is 11.5. The second-order valence-electron chi connectivity index (χ2n) is 5.12. The van der Waals surface area contributed by atoms with Gasteiger partial charge in [0, 0.05) is 24.8 Å². The van der Waals surface area contributed by atoms with E-state index in [0.29, 0.717) is 6.54 Å². The smallest absolute Gasteiger partial charge is 0.153 e. The number of hydrogen-bond donors (Lipinski definition) is 1. The lowest BCUT2D eigenvalue weighted by Gasteiger charge is -2.33. The van der Waals surface area contributed by atoms with Crippen LogP contribution in [0.15, 0.2) is 18.2 Å². The fourth-order valence-corrected chi connectivity index (χ4v) is 3.96. The predicted octanol–water partition coefficient (Wildman–Crippen LogP) is 1.20. The third-order valence-corrected chi connectivity index (χ3v) is 5.32. The molecule has 1 aliphatic heterocycles. The Kier molecular flexibility index (Phi) is 3.64. The van der Waals surface area contributed by atoms with Gasteiger partial charge in [0.15, 0.2) is 9.84 Å². The molecule has 0 bridgehead atoms. The highest BCUT2D eigenvalue weighted by Gasteiger charge is 2.27. The van der Waals surface area contributed by atoms with E-state index in [1.165, 1.54) is 5.56 Å². The number of benzene rings is 1. The molecule has 1 fully saturated rings. The van der Waals surface area contributed by atoms with Gasteiger partial charge in [-0.1, -0.05) is 12.1 Å². The van der Waals surface area contributed by atoms with E-state index >= 15 is 0 Å². The molecule has 0 aromatic heterocycles. The highest BCUT2D eigenvalue weighted by Crippen LogP contribution is 2.18. The topological polar surface area (TPSA) is 63.4 Å². The van der Waals surface area contributed by atoms with Gasteiger partial charge >= 0.3 is 0 Å². The quantitative estimate of drug-likeness (QED) is 0.819. The molecule has 1 aromatic rings. The van der Waals surface area contributed by atoms with Crippen molar-refractivity contribution in [3.05, 3.63) is 29.3 Å². The predicted molar refractivity (Wildman–Crippen MR) is 74.1 cm³/mol. The minimum absolute atomic E-state index is 0.0848. The van der Waals surface area contributed by atoms with Gasteiger partial charge in [0.1, 0.15) is 0 Å².